The molecular formula is C21H28N2O4S. The molecule has 4 aliphatic carbocycles. The number of sulfonamides is 1. The van der Waals surface area contributed by atoms with Gasteiger partial charge in [0, 0.05) is 26.2 Å². The van der Waals surface area contributed by atoms with Crippen LogP contribution in [0.3, 0.4) is 0 Å². The Morgan fingerprint density at radius 2 is 1.57 bits per heavy atom. The first-order chi connectivity index (χ1) is 13.3. The molecule has 1 aliphatic heterocycles. The summed E-state index contributed by atoms with van der Waals surface area (Å²) in [4.78, 5) is 15.6. The standard InChI is InChI=1S/C21H28N2O4S/c24-19(20-11-16-10-17(12-20)14-21(25,13-16)15-20)22-6-8-23(9-7-22)28(26,27)18-4-2-1-3-5-18/h1-5,16-17,25H,6-15H2/t16-,17-,20?,21?/m1/s1. The second kappa shape index (κ2) is 6.28. The summed E-state index contributed by atoms with van der Waals surface area (Å²) in [5.74, 6) is 1.08. The molecule has 4 saturated carbocycles. The number of benzene rings is 1. The molecule has 4 bridgehead atoms. The summed E-state index contributed by atoms with van der Waals surface area (Å²) in [7, 11) is -3.51. The van der Waals surface area contributed by atoms with Gasteiger partial charge in [-0.3, -0.25) is 4.79 Å². The Kier molecular flexibility index (Phi) is 4.17. The van der Waals surface area contributed by atoms with Crippen LogP contribution in [0.2, 0.25) is 0 Å². The Hall–Kier alpha value is -1.44. The molecule has 1 heterocycles. The number of carbonyl (C=O) groups excluding carboxylic acids is 1. The molecule has 1 aromatic carbocycles. The summed E-state index contributed by atoms with van der Waals surface area (Å²) < 4.78 is 27.1. The first kappa shape index (κ1) is 18.6. The second-order valence-corrected chi connectivity index (χ2v) is 11.4. The summed E-state index contributed by atoms with van der Waals surface area (Å²) in [6.45, 7) is 1.52. The van der Waals surface area contributed by atoms with Gasteiger partial charge in [0.15, 0.2) is 0 Å². The monoisotopic (exact) mass is 404 g/mol. The van der Waals surface area contributed by atoms with Crippen LogP contribution in [0.1, 0.15) is 38.5 Å². The molecule has 0 aromatic heterocycles. The van der Waals surface area contributed by atoms with Crippen molar-refractivity contribution in [3.05, 3.63) is 30.3 Å². The van der Waals surface area contributed by atoms with E-state index in [1.807, 2.05) is 4.90 Å². The highest BCUT2D eigenvalue weighted by Gasteiger charge is 2.61. The molecule has 0 spiro atoms. The largest absolute Gasteiger partial charge is 0.390 e. The van der Waals surface area contributed by atoms with Crippen molar-refractivity contribution in [1.82, 2.24) is 9.21 Å². The zero-order valence-electron chi connectivity index (χ0n) is 16.1. The summed E-state index contributed by atoms with van der Waals surface area (Å²) in [5, 5.41) is 10.9. The lowest BCUT2D eigenvalue weighted by Gasteiger charge is -2.60. The number of carbonyl (C=O) groups is 1. The topological polar surface area (TPSA) is 77.9 Å². The highest BCUT2D eigenvalue weighted by atomic mass is 32.2. The van der Waals surface area contributed by atoms with Crippen molar-refractivity contribution in [1.29, 1.82) is 0 Å². The van der Waals surface area contributed by atoms with Crippen LogP contribution in [0.4, 0.5) is 0 Å². The van der Waals surface area contributed by atoms with Crippen LogP contribution >= 0.6 is 0 Å². The molecule has 2 atom stereocenters. The molecule has 1 aromatic rings. The Balaban J connectivity index is 1.29. The predicted octanol–water partition coefficient (Wildman–Crippen LogP) is 1.85. The van der Waals surface area contributed by atoms with Crippen molar-refractivity contribution >= 4 is 15.9 Å². The number of nitrogens with zero attached hydrogens (tertiary/aromatic N) is 2. The van der Waals surface area contributed by atoms with Crippen LogP contribution in [-0.4, -0.2) is 60.4 Å². The third-order valence-corrected chi connectivity index (χ3v) is 9.30. The molecule has 6 nitrogen and oxygen atoms in total. The minimum atomic E-state index is -3.51. The highest BCUT2D eigenvalue weighted by Crippen LogP contribution is 2.62. The lowest BCUT2D eigenvalue weighted by molar-refractivity contribution is -0.186. The molecule has 5 fully saturated rings. The lowest BCUT2D eigenvalue weighted by atomic mass is 9.47. The van der Waals surface area contributed by atoms with Gasteiger partial charge in [-0.15, -0.1) is 0 Å². The van der Waals surface area contributed by atoms with Gasteiger partial charge in [0.25, 0.3) is 0 Å². The van der Waals surface area contributed by atoms with Crippen LogP contribution in [-0.2, 0) is 14.8 Å². The van der Waals surface area contributed by atoms with E-state index in [0.29, 0.717) is 49.3 Å². The zero-order chi connectivity index (χ0) is 19.6. The molecule has 1 saturated heterocycles. The summed E-state index contributed by atoms with van der Waals surface area (Å²) in [6.07, 6.45) is 5.23. The van der Waals surface area contributed by atoms with E-state index >= 15 is 0 Å². The molecule has 0 unspecified atom stereocenters. The third kappa shape index (κ3) is 2.90. The average Bonchev–Trinajstić information content (AvgIpc) is 2.66. The lowest BCUT2D eigenvalue weighted by Crippen LogP contribution is -2.62. The van der Waals surface area contributed by atoms with Crippen LogP contribution in [0.25, 0.3) is 0 Å². The quantitative estimate of drug-likeness (QED) is 0.834. The minimum Gasteiger partial charge on any atom is -0.390 e. The molecule has 6 rings (SSSR count). The molecule has 1 amide bonds. The molecular weight excluding hydrogens is 376 g/mol. The van der Waals surface area contributed by atoms with E-state index in [-0.39, 0.29) is 5.91 Å². The van der Waals surface area contributed by atoms with Crippen molar-refractivity contribution in [3.63, 3.8) is 0 Å². The number of piperazine rings is 1. The van der Waals surface area contributed by atoms with E-state index in [0.717, 1.165) is 32.1 Å². The number of hydrogen-bond acceptors (Lipinski definition) is 4. The average molecular weight is 405 g/mol. The Morgan fingerprint density at radius 1 is 0.964 bits per heavy atom. The Morgan fingerprint density at radius 3 is 2.14 bits per heavy atom. The molecule has 28 heavy (non-hydrogen) atoms. The fraction of sp³-hybridized carbons (Fsp3) is 0.667. The van der Waals surface area contributed by atoms with E-state index in [2.05, 4.69) is 0 Å². The Labute approximate surface area is 166 Å². The predicted molar refractivity (Wildman–Crippen MR) is 104 cm³/mol. The summed E-state index contributed by atoms with van der Waals surface area (Å²) >= 11 is 0. The van der Waals surface area contributed by atoms with Crippen LogP contribution in [0, 0.1) is 17.3 Å². The first-order valence-corrected chi connectivity index (χ1v) is 11.8. The number of amides is 1. The van der Waals surface area contributed by atoms with Gasteiger partial charge in [0.1, 0.15) is 0 Å². The zero-order valence-corrected chi connectivity index (χ0v) is 16.9. The number of rotatable bonds is 3. The molecule has 152 valence electrons. The fourth-order valence-corrected chi connectivity index (χ4v) is 8.12. The van der Waals surface area contributed by atoms with Crippen molar-refractivity contribution in [2.24, 2.45) is 17.3 Å². The normalized spacial score (nSPS) is 38.0. The maximum atomic E-state index is 13.5. The van der Waals surface area contributed by atoms with E-state index in [1.165, 1.54) is 4.31 Å². The van der Waals surface area contributed by atoms with E-state index < -0.39 is 21.0 Å². The van der Waals surface area contributed by atoms with Crippen molar-refractivity contribution in [2.45, 2.75) is 49.0 Å². The van der Waals surface area contributed by atoms with Gasteiger partial charge in [0.2, 0.25) is 15.9 Å². The van der Waals surface area contributed by atoms with Gasteiger partial charge in [-0.2, -0.15) is 4.31 Å². The maximum Gasteiger partial charge on any atom is 0.243 e. The smallest absolute Gasteiger partial charge is 0.243 e. The number of aliphatic hydroxyl groups is 1. The molecule has 7 heteroatoms. The van der Waals surface area contributed by atoms with Crippen LogP contribution in [0.15, 0.2) is 35.2 Å². The minimum absolute atomic E-state index is 0.150. The highest BCUT2D eigenvalue weighted by molar-refractivity contribution is 7.89. The SMILES string of the molecule is O=C(N1CCN(S(=O)(=O)c2ccccc2)CC1)C12C[C@H]3C[C@@H](CC(O)(C3)C1)C2. The van der Waals surface area contributed by atoms with Gasteiger partial charge in [-0.1, -0.05) is 18.2 Å². The third-order valence-electron chi connectivity index (χ3n) is 7.39. The van der Waals surface area contributed by atoms with Gasteiger partial charge < -0.3 is 10.0 Å². The van der Waals surface area contributed by atoms with E-state index in [4.69, 9.17) is 0 Å². The van der Waals surface area contributed by atoms with Gasteiger partial charge in [0.05, 0.1) is 15.9 Å². The van der Waals surface area contributed by atoms with E-state index in [9.17, 15) is 18.3 Å². The van der Waals surface area contributed by atoms with Crippen molar-refractivity contribution in [2.75, 3.05) is 26.2 Å². The maximum absolute atomic E-state index is 13.5. The molecule has 5 aliphatic rings. The molecule has 0 radical (unpaired) electrons. The van der Waals surface area contributed by atoms with Crippen LogP contribution < -0.4 is 0 Å². The van der Waals surface area contributed by atoms with Gasteiger partial charge in [-0.05, 0) is 62.5 Å². The van der Waals surface area contributed by atoms with Crippen LogP contribution in [0.5, 0.6) is 0 Å². The fourth-order valence-electron chi connectivity index (χ4n) is 6.67. The molecule has 1 N–H and O–H groups in total. The van der Waals surface area contributed by atoms with Crippen molar-refractivity contribution < 1.29 is 18.3 Å². The summed E-state index contributed by atoms with van der Waals surface area (Å²) in [5.41, 5.74) is -1.07. The Bertz CT molecular complexity index is 863. The van der Waals surface area contributed by atoms with Gasteiger partial charge >= 0.3 is 0 Å². The van der Waals surface area contributed by atoms with Gasteiger partial charge in [-0.25, -0.2) is 8.42 Å². The first-order valence-electron chi connectivity index (χ1n) is 10.4. The van der Waals surface area contributed by atoms with E-state index in [1.54, 1.807) is 30.3 Å². The second-order valence-electron chi connectivity index (χ2n) is 9.48. The summed E-state index contributed by atoms with van der Waals surface area (Å²) in [6, 6.07) is 8.48. The van der Waals surface area contributed by atoms with Crippen molar-refractivity contribution in [3.8, 4) is 0 Å². The number of hydrogen-bond donors (Lipinski definition) is 1.